The van der Waals surface area contributed by atoms with Gasteiger partial charge >= 0.3 is 0 Å². The standard InChI is InChI=1S/C12H19NO/c1-3-14-9-5-8-13-12-7-4-6-11(2)10-12/h4,6-7,10,13H,3,5,8-9H2,1-2H3. The number of anilines is 1. The Morgan fingerprint density at radius 1 is 1.36 bits per heavy atom. The molecule has 1 aromatic carbocycles. The fourth-order valence-electron chi connectivity index (χ4n) is 1.31. The van der Waals surface area contributed by atoms with Crippen LogP contribution < -0.4 is 5.32 Å². The van der Waals surface area contributed by atoms with E-state index in [2.05, 4.69) is 36.5 Å². The Kier molecular flexibility index (Phi) is 5.08. The summed E-state index contributed by atoms with van der Waals surface area (Å²) in [5, 5.41) is 3.36. The molecule has 1 rings (SSSR count). The van der Waals surface area contributed by atoms with Crippen molar-refractivity contribution >= 4 is 5.69 Å². The minimum absolute atomic E-state index is 0.810. The summed E-state index contributed by atoms with van der Waals surface area (Å²) in [7, 11) is 0. The van der Waals surface area contributed by atoms with Gasteiger partial charge in [0.2, 0.25) is 0 Å². The lowest BCUT2D eigenvalue weighted by atomic mass is 10.2. The van der Waals surface area contributed by atoms with Gasteiger partial charge < -0.3 is 10.1 Å². The smallest absolute Gasteiger partial charge is 0.0482 e. The van der Waals surface area contributed by atoms with E-state index in [-0.39, 0.29) is 0 Å². The first-order chi connectivity index (χ1) is 6.83. The van der Waals surface area contributed by atoms with Crippen molar-refractivity contribution in [3.8, 4) is 0 Å². The molecule has 0 bridgehead atoms. The number of benzene rings is 1. The number of ether oxygens (including phenoxy) is 1. The number of hydrogen-bond donors (Lipinski definition) is 1. The van der Waals surface area contributed by atoms with Gasteiger partial charge in [-0.2, -0.15) is 0 Å². The molecule has 0 fully saturated rings. The maximum atomic E-state index is 5.26. The van der Waals surface area contributed by atoms with Gasteiger partial charge in [0.05, 0.1) is 0 Å². The van der Waals surface area contributed by atoms with Crippen LogP contribution in [0.1, 0.15) is 18.9 Å². The Labute approximate surface area is 86.3 Å². The summed E-state index contributed by atoms with van der Waals surface area (Å²) in [5.74, 6) is 0. The molecule has 0 atom stereocenters. The van der Waals surface area contributed by atoms with Crippen molar-refractivity contribution in [2.75, 3.05) is 25.1 Å². The van der Waals surface area contributed by atoms with Gasteiger partial charge in [-0.05, 0) is 38.0 Å². The summed E-state index contributed by atoms with van der Waals surface area (Å²) in [6.07, 6.45) is 1.06. The lowest BCUT2D eigenvalue weighted by Gasteiger charge is -2.06. The molecule has 0 aliphatic rings. The van der Waals surface area contributed by atoms with Crippen molar-refractivity contribution < 1.29 is 4.74 Å². The normalized spacial score (nSPS) is 10.1. The molecule has 0 radical (unpaired) electrons. The Morgan fingerprint density at radius 3 is 2.93 bits per heavy atom. The van der Waals surface area contributed by atoms with Gasteiger partial charge in [0, 0.05) is 25.4 Å². The number of rotatable bonds is 6. The summed E-state index contributed by atoms with van der Waals surface area (Å²) >= 11 is 0. The molecule has 78 valence electrons. The molecule has 2 nitrogen and oxygen atoms in total. The van der Waals surface area contributed by atoms with Crippen LogP contribution in [0.2, 0.25) is 0 Å². The average Bonchev–Trinajstić information content (AvgIpc) is 2.18. The highest BCUT2D eigenvalue weighted by Gasteiger charge is 1.91. The molecule has 0 saturated heterocycles. The minimum Gasteiger partial charge on any atom is -0.385 e. The predicted octanol–water partition coefficient (Wildman–Crippen LogP) is 2.83. The van der Waals surface area contributed by atoms with Crippen LogP contribution in [0.5, 0.6) is 0 Å². The fraction of sp³-hybridized carbons (Fsp3) is 0.500. The summed E-state index contributed by atoms with van der Waals surface area (Å²) in [5.41, 5.74) is 2.49. The lowest BCUT2D eigenvalue weighted by molar-refractivity contribution is 0.147. The van der Waals surface area contributed by atoms with Crippen LogP contribution in [0.3, 0.4) is 0 Å². The Morgan fingerprint density at radius 2 is 2.21 bits per heavy atom. The molecule has 1 N–H and O–H groups in total. The van der Waals surface area contributed by atoms with E-state index in [4.69, 9.17) is 4.74 Å². The van der Waals surface area contributed by atoms with Gasteiger partial charge in [0.1, 0.15) is 0 Å². The number of hydrogen-bond acceptors (Lipinski definition) is 2. The Hall–Kier alpha value is -1.02. The van der Waals surface area contributed by atoms with Crippen molar-refractivity contribution in [3.05, 3.63) is 29.8 Å². The first-order valence-corrected chi connectivity index (χ1v) is 5.21. The second-order valence-corrected chi connectivity index (χ2v) is 3.35. The molecular weight excluding hydrogens is 174 g/mol. The molecule has 0 aliphatic heterocycles. The lowest BCUT2D eigenvalue weighted by Crippen LogP contribution is -2.05. The molecule has 0 amide bonds. The average molecular weight is 193 g/mol. The van der Waals surface area contributed by atoms with Crippen molar-refractivity contribution in [3.63, 3.8) is 0 Å². The second-order valence-electron chi connectivity index (χ2n) is 3.35. The third-order valence-electron chi connectivity index (χ3n) is 2.02. The third-order valence-corrected chi connectivity index (χ3v) is 2.02. The first kappa shape index (κ1) is 11.1. The SMILES string of the molecule is CCOCCCNc1cccc(C)c1. The first-order valence-electron chi connectivity index (χ1n) is 5.21. The molecule has 0 aromatic heterocycles. The second kappa shape index (κ2) is 6.44. The summed E-state index contributed by atoms with van der Waals surface area (Å²) in [6.45, 7) is 6.75. The van der Waals surface area contributed by atoms with E-state index in [1.54, 1.807) is 0 Å². The van der Waals surface area contributed by atoms with Crippen LogP contribution in [0.25, 0.3) is 0 Å². The maximum absolute atomic E-state index is 5.26. The minimum atomic E-state index is 0.810. The third kappa shape index (κ3) is 4.28. The molecule has 0 saturated carbocycles. The van der Waals surface area contributed by atoms with Gasteiger partial charge in [-0.1, -0.05) is 12.1 Å². The highest BCUT2D eigenvalue weighted by Crippen LogP contribution is 2.08. The summed E-state index contributed by atoms with van der Waals surface area (Å²) in [4.78, 5) is 0. The largest absolute Gasteiger partial charge is 0.385 e. The number of nitrogens with one attached hydrogen (secondary N) is 1. The van der Waals surface area contributed by atoms with Crippen molar-refractivity contribution in [1.82, 2.24) is 0 Å². The van der Waals surface area contributed by atoms with Crippen molar-refractivity contribution in [1.29, 1.82) is 0 Å². The van der Waals surface area contributed by atoms with E-state index in [0.29, 0.717) is 0 Å². The van der Waals surface area contributed by atoms with E-state index in [1.165, 1.54) is 11.3 Å². The number of aryl methyl sites for hydroxylation is 1. The fourth-order valence-corrected chi connectivity index (χ4v) is 1.31. The van der Waals surface area contributed by atoms with Gasteiger partial charge in [0.15, 0.2) is 0 Å². The molecular formula is C12H19NO. The van der Waals surface area contributed by atoms with Crippen LogP contribution in [-0.4, -0.2) is 19.8 Å². The Balaban J connectivity index is 2.18. The molecule has 0 heterocycles. The summed E-state index contributed by atoms with van der Waals surface area (Å²) in [6, 6.07) is 8.42. The van der Waals surface area contributed by atoms with Crippen LogP contribution in [0.15, 0.2) is 24.3 Å². The molecule has 2 heteroatoms. The van der Waals surface area contributed by atoms with E-state index >= 15 is 0 Å². The zero-order valence-electron chi connectivity index (χ0n) is 9.05. The van der Waals surface area contributed by atoms with Crippen LogP contribution in [0, 0.1) is 6.92 Å². The highest BCUT2D eigenvalue weighted by molar-refractivity contribution is 5.45. The van der Waals surface area contributed by atoms with Gasteiger partial charge in [-0.3, -0.25) is 0 Å². The van der Waals surface area contributed by atoms with E-state index in [1.807, 2.05) is 6.92 Å². The summed E-state index contributed by atoms with van der Waals surface area (Å²) < 4.78 is 5.26. The van der Waals surface area contributed by atoms with Crippen LogP contribution in [0.4, 0.5) is 5.69 Å². The topological polar surface area (TPSA) is 21.3 Å². The van der Waals surface area contributed by atoms with E-state index in [9.17, 15) is 0 Å². The quantitative estimate of drug-likeness (QED) is 0.701. The van der Waals surface area contributed by atoms with Gasteiger partial charge in [-0.25, -0.2) is 0 Å². The maximum Gasteiger partial charge on any atom is 0.0482 e. The zero-order chi connectivity index (χ0) is 10.2. The van der Waals surface area contributed by atoms with Crippen LogP contribution in [-0.2, 0) is 4.74 Å². The van der Waals surface area contributed by atoms with Gasteiger partial charge in [-0.15, -0.1) is 0 Å². The molecule has 1 aromatic rings. The van der Waals surface area contributed by atoms with Gasteiger partial charge in [0.25, 0.3) is 0 Å². The Bertz CT molecular complexity index is 260. The van der Waals surface area contributed by atoms with Crippen molar-refractivity contribution in [2.24, 2.45) is 0 Å². The monoisotopic (exact) mass is 193 g/mol. The van der Waals surface area contributed by atoms with E-state index in [0.717, 1.165) is 26.2 Å². The molecule has 0 unspecified atom stereocenters. The zero-order valence-corrected chi connectivity index (χ0v) is 9.05. The molecule has 0 spiro atoms. The van der Waals surface area contributed by atoms with Crippen LogP contribution >= 0.6 is 0 Å². The predicted molar refractivity (Wildman–Crippen MR) is 60.8 cm³/mol. The molecule has 14 heavy (non-hydrogen) atoms. The van der Waals surface area contributed by atoms with Crippen molar-refractivity contribution in [2.45, 2.75) is 20.3 Å². The highest BCUT2D eigenvalue weighted by atomic mass is 16.5. The molecule has 0 aliphatic carbocycles. The van der Waals surface area contributed by atoms with E-state index < -0.39 is 0 Å².